The lowest BCUT2D eigenvalue weighted by Crippen LogP contribution is -2.14. The van der Waals surface area contributed by atoms with E-state index >= 15 is 0 Å². The fourth-order valence-corrected chi connectivity index (χ4v) is 1.57. The maximum atomic E-state index is 11.0. The Morgan fingerprint density at radius 1 is 1.38 bits per heavy atom. The van der Waals surface area contributed by atoms with Crippen molar-refractivity contribution in [2.75, 3.05) is 6.54 Å². The minimum atomic E-state index is 0.150. The molecular formula is C10H12N2O. The Labute approximate surface area is 77.2 Å². The van der Waals surface area contributed by atoms with Crippen molar-refractivity contribution in [3.63, 3.8) is 0 Å². The molecule has 2 rings (SSSR count). The van der Waals surface area contributed by atoms with Crippen LogP contribution in [0.4, 0.5) is 0 Å². The zero-order chi connectivity index (χ0) is 9.10. The molecule has 1 amide bonds. The summed E-state index contributed by atoms with van der Waals surface area (Å²) in [6.07, 6.45) is 10.4. The number of amides is 1. The first-order valence-electron chi connectivity index (χ1n) is 4.42. The van der Waals surface area contributed by atoms with Crippen molar-refractivity contribution in [3.8, 4) is 0 Å². The number of hydrogen-bond donors (Lipinski definition) is 2. The van der Waals surface area contributed by atoms with Gasteiger partial charge in [-0.3, -0.25) is 4.79 Å². The minimum absolute atomic E-state index is 0.150. The number of allylic oxidation sites excluding steroid dienone is 3. The summed E-state index contributed by atoms with van der Waals surface area (Å²) < 4.78 is 0. The quantitative estimate of drug-likeness (QED) is 0.617. The number of nitrogens with one attached hydrogen (secondary N) is 2. The van der Waals surface area contributed by atoms with E-state index in [1.54, 1.807) is 0 Å². The summed E-state index contributed by atoms with van der Waals surface area (Å²) in [5.41, 5.74) is 1.18. The Kier molecular flexibility index (Phi) is 2.17. The van der Waals surface area contributed by atoms with E-state index in [1.807, 2.05) is 30.6 Å². The molecule has 2 heterocycles. The molecule has 0 spiro atoms. The normalized spacial score (nSPS) is 26.3. The van der Waals surface area contributed by atoms with Crippen LogP contribution < -0.4 is 10.6 Å². The third kappa shape index (κ3) is 1.80. The Bertz CT molecular complexity index is 302. The maximum absolute atomic E-state index is 11.0. The second kappa shape index (κ2) is 3.47. The highest BCUT2D eigenvalue weighted by atomic mass is 16.1. The topological polar surface area (TPSA) is 41.1 Å². The first-order chi connectivity index (χ1) is 6.36. The number of carbonyl (C=O) groups excluding carboxylic acids is 1. The van der Waals surface area contributed by atoms with E-state index in [2.05, 4.69) is 10.6 Å². The lowest BCUT2D eigenvalue weighted by molar-refractivity contribution is -0.119. The van der Waals surface area contributed by atoms with Gasteiger partial charge in [-0.2, -0.15) is 0 Å². The van der Waals surface area contributed by atoms with Crippen LogP contribution in [0.2, 0.25) is 0 Å². The van der Waals surface area contributed by atoms with Gasteiger partial charge in [0.1, 0.15) is 0 Å². The van der Waals surface area contributed by atoms with Crippen LogP contribution in [-0.4, -0.2) is 12.5 Å². The van der Waals surface area contributed by atoms with Gasteiger partial charge in [0.15, 0.2) is 0 Å². The van der Waals surface area contributed by atoms with Crippen LogP contribution >= 0.6 is 0 Å². The van der Waals surface area contributed by atoms with Crippen LogP contribution in [0.5, 0.6) is 0 Å². The van der Waals surface area contributed by atoms with Gasteiger partial charge in [0.05, 0.1) is 0 Å². The van der Waals surface area contributed by atoms with Gasteiger partial charge in [-0.1, -0.05) is 12.2 Å². The molecule has 3 nitrogen and oxygen atoms in total. The summed E-state index contributed by atoms with van der Waals surface area (Å²) in [7, 11) is 0. The zero-order valence-electron chi connectivity index (χ0n) is 7.29. The molecule has 1 unspecified atom stereocenters. The molecular weight excluding hydrogens is 164 g/mol. The number of rotatable bonds is 1. The second-order valence-corrected chi connectivity index (χ2v) is 3.23. The average Bonchev–Trinajstić information content (AvgIpc) is 2.43. The van der Waals surface area contributed by atoms with Crippen LogP contribution in [0.1, 0.15) is 6.42 Å². The first kappa shape index (κ1) is 8.10. The van der Waals surface area contributed by atoms with Gasteiger partial charge in [0.25, 0.3) is 0 Å². The first-order valence-corrected chi connectivity index (χ1v) is 4.42. The molecule has 2 aliphatic rings. The van der Waals surface area contributed by atoms with Gasteiger partial charge in [-0.15, -0.1) is 0 Å². The summed E-state index contributed by atoms with van der Waals surface area (Å²) in [6, 6.07) is 0. The minimum Gasteiger partial charge on any atom is -0.367 e. The van der Waals surface area contributed by atoms with Crippen molar-refractivity contribution in [1.82, 2.24) is 10.6 Å². The molecule has 2 N–H and O–H groups in total. The van der Waals surface area contributed by atoms with Crippen LogP contribution in [0, 0.1) is 5.92 Å². The zero-order valence-corrected chi connectivity index (χ0v) is 7.29. The molecule has 1 saturated heterocycles. The summed E-state index contributed by atoms with van der Waals surface area (Å²) in [6.45, 7) is 0.761. The van der Waals surface area contributed by atoms with Crippen molar-refractivity contribution in [2.24, 2.45) is 5.92 Å². The highest BCUT2D eigenvalue weighted by molar-refractivity contribution is 5.79. The SMILES string of the molecule is O=C1CC(C2=CNC=CC=C2)CN1. The van der Waals surface area contributed by atoms with Crippen molar-refractivity contribution in [2.45, 2.75) is 6.42 Å². The number of carbonyl (C=O) groups is 1. The Morgan fingerprint density at radius 2 is 2.31 bits per heavy atom. The van der Waals surface area contributed by atoms with E-state index < -0.39 is 0 Å². The molecule has 3 heteroatoms. The molecule has 0 bridgehead atoms. The molecule has 0 aromatic carbocycles. The van der Waals surface area contributed by atoms with Crippen LogP contribution in [0.3, 0.4) is 0 Å². The smallest absolute Gasteiger partial charge is 0.220 e. The van der Waals surface area contributed by atoms with E-state index in [4.69, 9.17) is 0 Å². The Balaban J connectivity index is 2.08. The summed E-state index contributed by atoms with van der Waals surface area (Å²) in [5.74, 6) is 0.479. The molecule has 68 valence electrons. The maximum Gasteiger partial charge on any atom is 0.220 e. The van der Waals surface area contributed by atoms with Gasteiger partial charge >= 0.3 is 0 Å². The van der Waals surface area contributed by atoms with E-state index in [0.29, 0.717) is 12.3 Å². The Hall–Kier alpha value is -1.51. The highest BCUT2D eigenvalue weighted by Crippen LogP contribution is 2.20. The molecule has 2 aliphatic heterocycles. The van der Waals surface area contributed by atoms with Gasteiger partial charge in [0.2, 0.25) is 5.91 Å². The largest absolute Gasteiger partial charge is 0.367 e. The van der Waals surface area contributed by atoms with Crippen molar-refractivity contribution in [3.05, 3.63) is 36.2 Å². The predicted octanol–water partition coefficient (Wildman–Crippen LogP) is 0.679. The fourth-order valence-electron chi connectivity index (χ4n) is 1.57. The number of hydrogen-bond acceptors (Lipinski definition) is 2. The van der Waals surface area contributed by atoms with Gasteiger partial charge < -0.3 is 10.6 Å². The lowest BCUT2D eigenvalue weighted by Gasteiger charge is -2.07. The standard InChI is InChI=1S/C10H12N2O/c13-10-5-9(7-12-10)8-3-1-2-4-11-6-8/h1-4,6,9,11H,5,7H2,(H,12,13). The van der Waals surface area contributed by atoms with Gasteiger partial charge in [-0.25, -0.2) is 0 Å². The molecule has 0 aliphatic carbocycles. The van der Waals surface area contributed by atoms with Crippen LogP contribution in [0.25, 0.3) is 0 Å². The molecule has 0 saturated carbocycles. The summed E-state index contributed by atoms with van der Waals surface area (Å²) in [4.78, 5) is 11.0. The monoisotopic (exact) mass is 176 g/mol. The molecule has 0 aromatic rings. The molecule has 0 radical (unpaired) electrons. The fraction of sp³-hybridized carbons (Fsp3) is 0.300. The second-order valence-electron chi connectivity index (χ2n) is 3.23. The van der Waals surface area contributed by atoms with E-state index in [1.165, 1.54) is 5.57 Å². The molecule has 1 atom stereocenters. The van der Waals surface area contributed by atoms with Gasteiger partial charge in [0, 0.05) is 31.3 Å². The third-order valence-corrected chi connectivity index (χ3v) is 2.29. The highest BCUT2D eigenvalue weighted by Gasteiger charge is 2.23. The molecule has 1 fully saturated rings. The van der Waals surface area contributed by atoms with Crippen molar-refractivity contribution < 1.29 is 4.79 Å². The van der Waals surface area contributed by atoms with Gasteiger partial charge in [-0.05, 0) is 11.6 Å². The van der Waals surface area contributed by atoms with Crippen molar-refractivity contribution in [1.29, 1.82) is 0 Å². The van der Waals surface area contributed by atoms with Crippen LogP contribution in [0.15, 0.2) is 36.2 Å². The summed E-state index contributed by atoms with van der Waals surface area (Å²) >= 11 is 0. The molecule has 0 aromatic heterocycles. The van der Waals surface area contributed by atoms with E-state index in [-0.39, 0.29) is 5.91 Å². The van der Waals surface area contributed by atoms with Crippen molar-refractivity contribution >= 4 is 5.91 Å². The Morgan fingerprint density at radius 3 is 3.08 bits per heavy atom. The predicted molar refractivity (Wildman–Crippen MR) is 50.6 cm³/mol. The summed E-state index contributed by atoms with van der Waals surface area (Å²) in [5, 5.41) is 5.87. The van der Waals surface area contributed by atoms with E-state index in [0.717, 1.165) is 6.54 Å². The molecule has 13 heavy (non-hydrogen) atoms. The van der Waals surface area contributed by atoms with E-state index in [9.17, 15) is 4.79 Å². The van der Waals surface area contributed by atoms with Crippen LogP contribution in [-0.2, 0) is 4.79 Å². The average molecular weight is 176 g/mol. The third-order valence-electron chi connectivity index (χ3n) is 2.29. The lowest BCUT2D eigenvalue weighted by atomic mass is 9.99.